The maximum absolute atomic E-state index is 6.13. The average molecular weight is 336 g/mol. The molecule has 0 aliphatic heterocycles. The summed E-state index contributed by atoms with van der Waals surface area (Å²) in [5.74, 6) is 0. The van der Waals surface area contributed by atoms with Crippen LogP contribution in [-0.4, -0.2) is 4.98 Å². The first kappa shape index (κ1) is 14.9. The number of hydrogen-bond donors (Lipinski definition) is 1. The van der Waals surface area contributed by atoms with E-state index in [2.05, 4.69) is 4.98 Å². The van der Waals surface area contributed by atoms with Crippen molar-refractivity contribution in [3.63, 3.8) is 0 Å². The molecule has 100 valence electrons. The summed E-state index contributed by atoms with van der Waals surface area (Å²) in [4.78, 5) is 4.16. The molecule has 6 heteroatoms. The second-order valence-electron chi connectivity index (χ2n) is 4.04. The highest BCUT2D eigenvalue weighted by atomic mass is 35.5. The molecule has 0 saturated heterocycles. The Morgan fingerprint density at radius 2 is 1.84 bits per heavy atom. The molecule has 1 unspecified atom stereocenters. The van der Waals surface area contributed by atoms with E-state index in [-0.39, 0.29) is 6.04 Å². The number of nitrogens with zero attached hydrogens (tertiary/aromatic N) is 1. The van der Waals surface area contributed by atoms with Crippen molar-refractivity contribution in [2.24, 2.45) is 5.73 Å². The summed E-state index contributed by atoms with van der Waals surface area (Å²) in [6.45, 7) is 0. The van der Waals surface area contributed by atoms with E-state index in [4.69, 9.17) is 52.1 Å². The van der Waals surface area contributed by atoms with Gasteiger partial charge in [0.15, 0.2) is 0 Å². The molecule has 2 nitrogen and oxygen atoms in total. The van der Waals surface area contributed by atoms with Crippen LogP contribution in [0.3, 0.4) is 0 Å². The molecule has 0 fully saturated rings. The van der Waals surface area contributed by atoms with Crippen molar-refractivity contribution in [3.05, 3.63) is 61.8 Å². The van der Waals surface area contributed by atoms with Gasteiger partial charge in [-0.1, -0.05) is 58.5 Å². The molecule has 0 amide bonds. The zero-order valence-corrected chi connectivity index (χ0v) is 12.7. The van der Waals surface area contributed by atoms with Gasteiger partial charge >= 0.3 is 0 Å². The molecule has 1 heterocycles. The summed E-state index contributed by atoms with van der Waals surface area (Å²) < 4.78 is 0. The Balaban J connectivity index is 2.25. The van der Waals surface area contributed by atoms with Crippen molar-refractivity contribution in [1.29, 1.82) is 0 Å². The second-order valence-corrected chi connectivity index (χ2v) is 5.67. The highest BCUT2D eigenvalue weighted by molar-refractivity contribution is 6.42. The standard InChI is InChI=1S/C13H10Cl4N2/c14-8-5-10(16)13(19-6-8)11(18)4-7-2-1-3-9(15)12(7)17/h1-3,5-6,11H,4,18H2. The van der Waals surface area contributed by atoms with Gasteiger partial charge in [0.05, 0.1) is 31.8 Å². The third-order valence-corrected chi connectivity index (χ3v) is 4.03. The molecule has 1 aromatic heterocycles. The van der Waals surface area contributed by atoms with Gasteiger partial charge in [0.25, 0.3) is 0 Å². The minimum absolute atomic E-state index is 0.374. The summed E-state index contributed by atoms with van der Waals surface area (Å²) in [6.07, 6.45) is 2.01. The van der Waals surface area contributed by atoms with Crippen molar-refractivity contribution in [2.75, 3.05) is 0 Å². The Labute approximate surface area is 131 Å². The maximum atomic E-state index is 6.13. The van der Waals surface area contributed by atoms with Gasteiger partial charge in [-0.3, -0.25) is 4.98 Å². The van der Waals surface area contributed by atoms with E-state index < -0.39 is 0 Å². The van der Waals surface area contributed by atoms with Crippen LogP contribution < -0.4 is 5.73 Å². The quantitative estimate of drug-likeness (QED) is 0.862. The number of hydrogen-bond acceptors (Lipinski definition) is 2. The fourth-order valence-corrected chi connectivity index (χ4v) is 2.66. The first-order valence-electron chi connectivity index (χ1n) is 5.48. The molecule has 2 N–H and O–H groups in total. The number of nitrogens with two attached hydrogens (primary N) is 1. The number of benzene rings is 1. The van der Waals surface area contributed by atoms with E-state index in [9.17, 15) is 0 Å². The zero-order valence-electron chi connectivity index (χ0n) is 9.71. The van der Waals surface area contributed by atoms with Crippen LogP contribution in [0.2, 0.25) is 20.1 Å². The van der Waals surface area contributed by atoms with Crippen LogP contribution >= 0.6 is 46.4 Å². The van der Waals surface area contributed by atoms with Crippen LogP contribution in [0, 0.1) is 0 Å². The van der Waals surface area contributed by atoms with Crippen LogP contribution in [0.4, 0.5) is 0 Å². The van der Waals surface area contributed by atoms with Crippen molar-refractivity contribution < 1.29 is 0 Å². The minimum Gasteiger partial charge on any atom is -0.322 e. The van der Waals surface area contributed by atoms with Gasteiger partial charge < -0.3 is 5.73 Å². The zero-order chi connectivity index (χ0) is 14.0. The van der Waals surface area contributed by atoms with E-state index >= 15 is 0 Å². The molecule has 1 atom stereocenters. The first-order chi connectivity index (χ1) is 8.99. The van der Waals surface area contributed by atoms with E-state index in [0.29, 0.717) is 32.2 Å². The van der Waals surface area contributed by atoms with E-state index in [1.807, 2.05) is 12.1 Å². The van der Waals surface area contributed by atoms with Crippen molar-refractivity contribution in [3.8, 4) is 0 Å². The molecule has 0 saturated carbocycles. The lowest BCUT2D eigenvalue weighted by molar-refractivity contribution is 0.697. The molecule has 2 aromatic rings. The van der Waals surface area contributed by atoms with E-state index in [0.717, 1.165) is 5.56 Å². The summed E-state index contributed by atoms with van der Waals surface area (Å²) >= 11 is 24.0. The third kappa shape index (κ3) is 3.53. The summed E-state index contributed by atoms with van der Waals surface area (Å²) in [7, 11) is 0. The molecule has 0 bridgehead atoms. The Morgan fingerprint density at radius 1 is 1.11 bits per heavy atom. The minimum atomic E-state index is -0.374. The van der Waals surface area contributed by atoms with Gasteiger partial charge in [-0.05, 0) is 24.1 Å². The Bertz CT molecular complexity index is 601. The molecular formula is C13H10Cl4N2. The van der Waals surface area contributed by atoms with E-state index in [1.54, 1.807) is 12.1 Å². The molecule has 0 spiro atoms. The fourth-order valence-electron chi connectivity index (χ4n) is 1.74. The number of pyridine rings is 1. The first-order valence-corrected chi connectivity index (χ1v) is 6.99. The van der Waals surface area contributed by atoms with Gasteiger partial charge in [-0.25, -0.2) is 0 Å². The van der Waals surface area contributed by atoms with Crippen LogP contribution in [0.5, 0.6) is 0 Å². The van der Waals surface area contributed by atoms with Crippen molar-refractivity contribution in [1.82, 2.24) is 4.98 Å². The van der Waals surface area contributed by atoms with Gasteiger partial charge in [0.1, 0.15) is 0 Å². The lowest BCUT2D eigenvalue weighted by atomic mass is 10.0. The fraction of sp³-hybridized carbons (Fsp3) is 0.154. The summed E-state index contributed by atoms with van der Waals surface area (Å²) in [6, 6.07) is 6.67. The number of halogens is 4. The lowest BCUT2D eigenvalue weighted by Crippen LogP contribution is -2.15. The van der Waals surface area contributed by atoms with Gasteiger partial charge in [0.2, 0.25) is 0 Å². The SMILES string of the molecule is NC(Cc1cccc(Cl)c1Cl)c1ncc(Cl)cc1Cl. The average Bonchev–Trinajstić information content (AvgIpc) is 2.34. The summed E-state index contributed by atoms with van der Waals surface area (Å²) in [5.41, 5.74) is 7.55. The highest BCUT2D eigenvalue weighted by Gasteiger charge is 2.15. The number of aromatic nitrogens is 1. The van der Waals surface area contributed by atoms with Crippen LogP contribution in [0.25, 0.3) is 0 Å². The highest BCUT2D eigenvalue weighted by Crippen LogP contribution is 2.30. The summed E-state index contributed by atoms with van der Waals surface area (Å²) in [5, 5.41) is 1.92. The molecule has 0 aliphatic rings. The lowest BCUT2D eigenvalue weighted by Gasteiger charge is -2.14. The van der Waals surface area contributed by atoms with Crippen LogP contribution in [0.15, 0.2) is 30.5 Å². The third-order valence-electron chi connectivity index (χ3n) is 2.66. The van der Waals surface area contributed by atoms with Gasteiger partial charge in [-0.2, -0.15) is 0 Å². The maximum Gasteiger partial charge on any atom is 0.0761 e. The van der Waals surface area contributed by atoms with Crippen LogP contribution in [0.1, 0.15) is 17.3 Å². The molecule has 2 rings (SSSR count). The monoisotopic (exact) mass is 334 g/mol. The Morgan fingerprint density at radius 3 is 2.53 bits per heavy atom. The molecule has 0 aliphatic carbocycles. The topological polar surface area (TPSA) is 38.9 Å². The van der Waals surface area contributed by atoms with E-state index in [1.165, 1.54) is 6.20 Å². The smallest absolute Gasteiger partial charge is 0.0761 e. The largest absolute Gasteiger partial charge is 0.322 e. The predicted molar refractivity (Wildman–Crippen MR) is 81.4 cm³/mol. The number of rotatable bonds is 3. The molecule has 19 heavy (non-hydrogen) atoms. The van der Waals surface area contributed by atoms with Crippen LogP contribution in [-0.2, 0) is 6.42 Å². The Kier molecular flexibility index (Phi) is 4.93. The molecule has 1 aromatic carbocycles. The second kappa shape index (κ2) is 6.29. The molecule has 0 radical (unpaired) electrons. The van der Waals surface area contributed by atoms with Crippen molar-refractivity contribution >= 4 is 46.4 Å². The molecular weight excluding hydrogens is 326 g/mol. The predicted octanol–water partition coefficient (Wildman–Crippen LogP) is 4.94. The van der Waals surface area contributed by atoms with Gasteiger partial charge in [0, 0.05) is 6.20 Å². The van der Waals surface area contributed by atoms with Gasteiger partial charge in [-0.15, -0.1) is 0 Å². The van der Waals surface area contributed by atoms with Crippen molar-refractivity contribution in [2.45, 2.75) is 12.5 Å². The Hall–Kier alpha value is -0.510. The normalized spacial score (nSPS) is 12.5.